The third-order valence-electron chi connectivity index (χ3n) is 7.81. The number of hydrogen-bond acceptors (Lipinski definition) is 6. The molecule has 2 heterocycles. The molecule has 41 heavy (non-hydrogen) atoms. The van der Waals surface area contributed by atoms with Gasteiger partial charge in [0.25, 0.3) is 5.91 Å². The molecule has 3 unspecified atom stereocenters. The lowest BCUT2D eigenvalue weighted by atomic mass is 9.93. The monoisotopic (exact) mass is 566 g/mol. The Morgan fingerprint density at radius 1 is 1.07 bits per heavy atom. The highest BCUT2D eigenvalue weighted by molar-refractivity contribution is 6.00. The van der Waals surface area contributed by atoms with Crippen molar-refractivity contribution in [1.82, 2.24) is 4.90 Å². The molecule has 2 aromatic rings. The van der Waals surface area contributed by atoms with Crippen molar-refractivity contribution < 1.29 is 33.7 Å². The van der Waals surface area contributed by atoms with Gasteiger partial charge in [-0.15, -0.1) is 0 Å². The minimum Gasteiger partial charge on any atom is -0.496 e. The SMILES string of the molecule is COc1ccc(C2OC(CC(=O)N3CCCC(C(=O)O)C3)C(=O)N(CC(C)(C)C)c3ccc(C)cc32)c(OC)c1C. The second-order valence-electron chi connectivity index (χ2n) is 12.3. The molecule has 2 aromatic carbocycles. The van der Waals surface area contributed by atoms with Crippen LogP contribution >= 0.6 is 0 Å². The van der Waals surface area contributed by atoms with Crippen molar-refractivity contribution in [1.29, 1.82) is 0 Å². The van der Waals surface area contributed by atoms with Crippen LogP contribution in [-0.2, 0) is 19.1 Å². The van der Waals surface area contributed by atoms with Gasteiger partial charge in [-0.2, -0.15) is 0 Å². The molecule has 2 amide bonds. The normalized spacial score (nSPS) is 21.2. The van der Waals surface area contributed by atoms with Gasteiger partial charge < -0.3 is 29.1 Å². The van der Waals surface area contributed by atoms with Gasteiger partial charge in [0.05, 0.1) is 26.6 Å². The summed E-state index contributed by atoms with van der Waals surface area (Å²) < 4.78 is 18.0. The summed E-state index contributed by atoms with van der Waals surface area (Å²) in [6.07, 6.45) is -0.838. The molecule has 0 radical (unpaired) electrons. The number of hydrogen-bond donors (Lipinski definition) is 1. The van der Waals surface area contributed by atoms with E-state index in [1.54, 1.807) is 24.0 Å². The fourth-order valence-electron chi connectivity index (χ4n) is 5.82. The fourth-order valence-corrected chi connectivity index (χ4v) is 5.82. The summed E-state index contributed by atoms with van der Waals surface area (Å²) in [5.74, 6) is -0.848. The molecule has 9 heteroatoms. The number of amides is 2. The number of anilines is 1. The topological polar surface area (TPSA) is 106 Å². The first-order chi connectivity index (χ1) is 19.3. The number of piperidine rings is 1. The van der Waals surface area contributed by atoms with Crippen LogP contribution in [0.5, 0.6) is 11.5 Å². The lowest BCUT2D eigenvalue weighted by molar-refractivity contribution is -0.148. The Morgan fingerprint density at radius 3 is 2.44 bits per heavy atom. The highest BCUT2D eigenvalue weighted by Crippen LogP contribution is 2.45. The van der Waals surface area contributed by atoms with Crippen LogP contribution in [0.1, 0.15) is 68.4 Å². The molecular formula is C32H42N2O7. The van der Waals surface area contributed by atoms with E-state index in [0.717, 1.165) is 27.9 Å². The summed E-state index contributed by atoms with van der Waals surface area (Å²) in [5, 5.41) is 9.53. The zero-order valence-electron chi connectivity index (χ0n) is 25.2. The number of nitrogens with zero attached hydrogens (tertiary/aromatic N) is 2. The van der Waals surface area contributed by atoms with Crippen molar-refractivity contribution in [2.75, 3.05) is 38.8 Å². The molecule has 0 bridgehead atoms. The summed E-state index contributed by atoms with van der Waals surface area (Å²) in [5.41, 5.74) is 3.84. The van der Waals surface area contributed by atoms with E-state index < -0.39 is 24.1 Å². The maximum atomic E-state index is 14.2. The number of rotatable bonds is 7. The van der Waals surface area contributed by atoms with Crippen molar-refractivity contribution in [3.8, 4) is 11.5 Å². The number of methoxy groups -OCH3 is 2. The molecule has 9 nitrogen and oxygen atoms in total. The third kappa shape index (κ3) is 6.50. The molecule has 3 atom stereocenters. The number of carbonyl (C=O) groups is 3. The van der Waals surface area contributed by atoms with Gasteiger partial charge in [-0.1, -0.05) is 38.5 Å². The molecule has 0 aliphatic carbocycles. The molecule has 0 saturated carbocycles. The Balaban J connectivity index is 1.82. The van der Waals surface area contributed by atoms with Crippen molar-refractivity contribution in [3.63, 3.8) is 0 Å². The Morgan fingerprint density at radius 2 is 1.80 bits per heavy atom. The minimum atomic E-state index is -1.08. The van der Waals surface area contributed by atoms with Crippen LogP contribution in [0.15, 0.2) is 30.3 Å². The first-order valence-corrected chi connectivity index (χ1v) is 14.1. The highest BCUT2D eigenvalue weighted by atomic mass is 16.5. The Hall–Kier alpha value is -3.59. The standard InChI is InChI=1S/C32H42N2O7/c1-19-10-12-24-23(15-19)29(22-11-13-25(39-6)20(2)28(22)40-7)41-26(30(36)34(24)18-32(3,4)5)16-27(35)33-14-8-9-21(17-33)31(37)38/h10-13,15,21,26,29H,8-9,14,16-18H2,1-7H3,(H,37,38). The van der Waals surface area contributed by atoms with E-state index in [0.29, 0.717) is 37.4 Å². The number of aliphatic carboxylic acids is 1. The average Bonchev–Trinajstić information content (AvgIpc) is 3.02. The van der Waals surface area contributed by atoms with E-state index in [9.17, 15) is 19.5 Å². The molecule has 1 N–H and O–H groups in total. The molecule has 2 aliphatic rings. The van der Waals surface area contributed by atoms with Gasteiger partial charge in [0.2, 0.25) is 5.91 Å². The van der Waals surface area contributed by atoms with Crippen molar-refractivity contribution in [2.24, 2.45) is 11.3 Å². The van der Waals surface area contributed by atoms with Crippen LogP contribution in [0.4, 0.5) is 5.69 Å². The van der Waals surface area contributed by atoms with Gasteiger partial charge in [0.1, 0.15) is 23.7 Å². The maximum Gasteiger partial charge on any atom is 0.308 e. The van der Waals surface area contributed by atoms with Gasteiger partial charge in [-0.05, 0) is 50.3 Å². The van der Waals surface area contributed by atoms with Crippen LogP contribution in [0.3, 0.4) is 0 Å². The van der Waals surface area contributed by atoms with E-state index in [4.69, 9.17) is 14.2 Å². The number of aryl methyl sites for hydroxylation is 1. The van der Waals surface area contributed by atoms with Crippen LogP contribution in [0.25, 0.3) is 0 Å². The molecule has 4 rings (SSSR count). The van der Waals surface area contributed by atoms with Crippen LogP contribution in [-0.4, -0.2) is 67.7 Å². The molecule has 0 aromatic heterocycles. The van der Waals surface area contributed by atoms with Gasteiger partial charge >= 0.3 is 5.97 Å². The number of carboxylic acid groups (broad SMARTS) is 1. The average molecular weight is 567 g/mol. The predicted molar refractivity (Wildman–Crippen MR) is 156 cm³/mol. The van der Waals surface area contributed by atoms with Gasteiger partial charge in [-0.3, -0.25) is 14.4 Å². The number of carboxylic acids is 1. The summed E-state index contributed by atoms with van der Waals surface area (Å²) in [6, 6.07) is 9.67. The van der Waals surface area contributed by atoms with Crippen LogP contribution < -0.4 is 14.4 Å². The summed E-state index contributed by atoms with van der Waals surface area (Å²) in [7, 11) is 3.19. The van der Waals surface area contributed by atoms with Gasteiger partial charge in [-0.25, -0.2) is 0 Å². The molecule has 0 spiro atoms. The number of likely N-dealkylation sites (tertiary alicyclic amines) is 1. The summed E-state index contributed by atoms with van der Waals surface area (Å²) >= 11 is 0. The van der Waals surface area contributed by atoms with E-state index in [-0.39, 0.29) is 30.2 Å². The number of fused-ring (bicyclic) bond motifs is 1. The maximum absolute atomic E-state index is 14.2. The third-order valence-corrected chi connectivity index (χ3v) is 7.81. The Bertz CT molecular complexity index is 1320. The van der Waals surface area contributed by atoms with Crippen molar-refractivity contribution in [2.45, 2.75) is 66.1 Å². The second kappa shape index (κ2) is 12.1. The molecule has 1 saturated heterocycles. The number of carbonyl (C=O) groups excluding carboxylic acids is 2. The summed E-state index contributed by atoms with van der Waals surface area (Å²) in [6.45, 7) is 11.1. The minimum absolute atomic E-state index is 0.134. The first-order valence-electron chi connectivity index (χ1n) is 14.1. The Kier molecular flexibility index (Phi) is 8.97. The molecule has 1 fully saturated rings. The zero-order valence-corrected chi connectivity index (χ0v) is 25.2. The Labute approximate surface area is 242 Å². The van der Waals surface area contributed by atoms with Crippen molar-refractivity contribution in [3.05, 3.63) is 52.6 Å². The molecular weight excluding hydrogens is 524 g/mol. The van der Waals surface area contributed by atoms with E-state index >= 15 is 0 Å². The second-order valence-corrected chi connectivity index (χ2v) is 12.3. The molecule has 222 valence electrons. The van der Waals surface area contributed by atoms with Crippen LogP contribution in [0, 0.1) is 25.2 Å². The first kappa shape index (κ1) is 30.4. The quantitative estimate of drug-likeness (QED) is 0.508. The lowest BCUT2D eigenvalue weighted by Crippen LogP contribution is -2.47. The lowest BCUT2D eigenvalue weighted by Gasteiger charge is -2.33. The number of benzene rings is 2. The van der Waals surface area contributed by atoms with Gasteiger partial charge in [0.15, 0.2) is 0 Å². The summed E-state index contributed by atoms with van der Waals surface area (Å²) in [4.78, 5) is 42.7. The highest BCUT2D eigenvalue weighted by Gasteiger charge is 2.41. The van der Waals surface area contributed by atoms with Crippen molar-refractivity contribution >= 4 is 23.5 Å². The van der Waals surface area contributed by atoms with E-state index in [1.807, 2.05) is 44.2 Å². The fraction of sp³-hybridized carbons (Fsp3) is 0.531. The molecule has 2 aliphatic heterocycles. The zero-order chi connectivity index (χ0) is 30.1. The van der Waals surface area contributed by atoms with E-state index in [1.165, 1.54) is 0 Å². The van der Waals surface area contributed by atoms with Gasteiger partial charge in [0, 0.05) is 42.0 Å². The predicted octanol–water partition coefficient (Wildman–Crippen LogP) is 4.90. The number of ether oxygens (including phenoxy) is 3. The van der Waals surface area contributed by atoms with E-state index in [2.05, 4.69) is 20.8 Å². The smallest absolute Gasteiger partial charge is 0.308 e. The largest absolute Gasteiger partial charge is 0.496 e. The van der Waals surface area contributed by atoms with Crippen LogP contribution in [0.2, 0.25) is 0 Å².